The van der Waals surface area contributed by atoms with Crippen molar-refractivity contribution in [3.63, 3.8) is 0 Å². The van der Waals surface area contributed by atoms with Gasteiger partial charge in [0.15, 0.2) is 0 Å². The predicted octanol–water partition coefficient (Wildman–Crippen LogP) is 5.12. The van der Waals surface area contributed by atoms with Gasteiger partial charge in [-0.05, 0) is 38.5 Å². The first-order valence-corrected chi connectivity index (χ1v) is 6.54. The number of hydrogen-bond acceptors (Lipinski definition) is 2. The van der Waals surface area contributed by atoms with Crippen molar-refractivity contribution in [2.24, 2.45) is 0 Å². The minimum absolute atomic E-state index is 0.391. The van der Waals surface area contributed by atoms with Gasteiger partial charge in [-0.2, -0.15) is 0 Å². The van der Waals surface area contributed by atoms with Crippen molar-refractivity contribution in [1.29, 1.82) is 0 Å². The zero-order valence-corrected chi connectivity index (χ0v) is 12.2. The molecule has 0 aliphatic heterocycles. The molecule has 0 unspecified atom stereocenters. The molecule has 18 heavy (non-hydrogen) atoms. The first-order valence-electron chi connectivity index (χ1n) is 5.79. The first-order chi connectivity index (χ1) is 8.34. The van der Waals surface area contributed by atoms with Crippen molar-refractivity contribution in [3.05, 3.63) is 28.2 Å². The molecular formula is C13H17Cl2NO2. The SMILES string of the molecule is CCCC(C)(C)OC(=O)Nc1ccc(Cl)c(Cl)c1. The van der Waals surface area contributed by atoms with Crippen molar-refractivity contribution < 1.29 is 9.53 Å². The number of nitrogens with one attached hydrogen (secondary N) is 1. The summed E-state index contributed by atoms with van der Waals surface area (Å²) in [5.41, 5.74) is 0.0800. The molecule has 0 atom stereocenters. The third-order valence-electron chi connectivity index (χ3n) is 2.39. The molecule has 0 saturated carbocycles. The second-order valence-corrected chi connectivity index (χ2v) is 5.47. The number of amides is 1. The van der Waals surface area contributed by atoms with Crippen LogP contribution in [-0.2, 0) is 4.74 Å². The summed E-state index contributed by atoms with van der Waals surface area (Å²) in [6.45, 7) is 5.80. The van der Waals surface area contributed by atoms with Gasteiger partial charge in [-0.3, -0.25) is 5.32 Å². The van der Waals surface area contributed by atoms with Gasteiger partial charge >= 0.3 is 6.09 Å². The smallest absolute Gasteiger partial charge is 0.412 e. The van der Waals surface area contributed by atoms with E-state index in [1.165, 1.54) is 0 Å². The van der Waals surface area contributed by atoms with Crippen LogP contribution in [0, 0.1) is 0 Å². The lowest BCUT2D eigenvalue weighted by molar-refractivity contribution is 0.0419. The molecule has 3 nitrogen and oxygen atoms in total. The molecule has 0 saturated heterocycles. The van der Waals surface area contributed by atoms with Gasteiger partial charge in [0.1, 0.15) is 5.60 Å². The Hall–Kier alpha value is -0.930. The van der Waals surface area contributed by atoms with Crippen LogP contribution in [0.15, 0.2) is 18.2 Å². The minimum atomic E-state index is -0.494. The summed E-state index contributed by atoms with van der Waals surface area (Å²) >= 11 is 11.6. The van der Waals surface area contributed by atoms with E-state index in [4.69, 9.17) is 27.9 Å². The maximum Gasteiger partial charge on any atom is 0.412 e. The molecule has 0 bridgehead atoms. The maximum absolute atomic E-state index is 11.7. The van der Waals surface area contributed by atoms with E-state index in [9.17, 15) is 4.79 Å². The number of carbonyl (C=O) groups excluding carboxylic acids is 1. The number of carbonyl (C=O) groups is 1. The number of halogens is 2. The Bertz CT molecular complexity index is 433. The lowest BCUT2D eigenvalue weighted by Gasteiger charge is -2.24. The number of benzene rings is 1. The van der Waals surface area contributed by atoms with Crippen molar-refractivity contribution >= 4 is 35.0 Å². The van der Waals surface area contributed by atoms with Crippen LogP contribution in [-0.4, -0.2) is 11.7 Å². The Balaban J connectivity index is 2.62. The van der Waals surface area contributed by atoms with Crippen LogP contribution >= 0.6 is 23.2 Å². The van der Waals surface area contributed by atoms with Crippen molar-refractivity contribution in [2.45, 2.75) is 39.2 Å². The molecule has 1 amide bonds. The highest BCUT2D eigenvalue weighted by Gasteiger charge is 2.21. The van der Waals surface area contributed by atoms with Gasteiger partial charge in [-0.1, -0.05) is 36.5 Å². The number of hydrogen-bond donors (Lipinski definition) is 1. The van der Waals surface area contributed by atoms with Gasteiger partial charge in [0.2, 0.25) is 0 Å². The zero-order valence-electron chi connectivity index (χ0n) is 10.7. The maximum atomic E-state index is 11.7. The molecule has 1 aromatic rings. The van der Waals surface area contributed by atoms with E-state index in [1.807, 2.05) is 20.8 Å². The minimum Gasteiger partial charge on any atom is -0.443 e. The Morgan fingerprint density at radius 1 is 1.33 bits per heavy atom. The third-order valence-corrected chi connectivity index (χ3v) is 3.13. The van der Waals surface area contributed by atoms with Crippen LogP contribution in [0.3, 0.4) is 0 Å². The lowest BCUT2D eigenvalue weighted by atomic mass is 10.0. The van der Waals surface area contributed by atoms with Crippen LogP contribution < -0.4 is 5.32 Å². The molecule has 1 rings (SSSR count). The molecule has 1 N–H and O–H groups in total. The summed E-state index contributed by atoms with van der Waals surface area (Å²) in [5, 5.41) is 3.46. The molecule has 0 aliphatic carbocycles. The van der Waals surface area contributed by atoms with Crippen LogP contribution in [0.25, 0.3) is 0 Å². The van der Waals surface area contributed by atoms with Gasteiger partial charge in [0, 0.05) is 5.69 Å². The van der Waals surface area contributed by atoms with E-state index in [1.54, 1.807) is 18.2 Å². The third kappa shape index (κ3) is 4.75. The Labute approximate surface area is 117 Å². The van der Waals surface area contributed by atoms with Gasteiger partial charge in [0.05, 0.1) is 10.0 Å². The Morgan fingerprint density at radius 2 is 2.00 bits per heavy atom. The lowest BCUT2D eigenvalue weighted by Crippen LogP contribution is -2.30. The monoisotopic (exact) mass is 289 g/mol. The molecule has 1 aromatic carbocycles. The predicted molar refractivity (Wildman–Crippen MR) is 75.6 cm³/mol. The van der Waals surface area contributed by atoms with E-state index in [-0.39, 0.29) is 0 Å². The van der Waals surface area contributed by atoms with E-state index < -0.39 is 11.7 Å². The average Bonchev–Trinajstić information content (AvgIpc) is 2.22. The van der Waals surface area contributed by atoms with Crippen LogP contribution in [0.1, 0.15) is 33.6 Å². The van der Waals surface area contributed by atoms with E-state index >= 15 is 0 Å². The summed E-state index contributed by atoms with van der Waals surface area (Å²) in [6.07, 6.45) is 1.27. The highest BCUT2D eigenvalue weighted by Crippen LogP contribution is 2.25. The largest absolute Gasteiger partial charge is 0.443 e. The van der Waals surface area contributed by atoms with Crippen LogP contribution in [0.5, 0.6) is 0 Å². The van der Waals surface area contributed by atoms with Gasteiger partial charge < -0.3 is 4.74 Å². The summed E-state index contributed by atoms with van der Waals surface area (Å²) in [6, 6.07) is 4.87. The fourth-order valence-electron chi connectivity index (χ4n) is 1.62. The standard InChI is InChI=1S/C13H17Cl2NO2/c1-4-7-13(2,3)18-12(17)16-9-5-6-10(14)11(15)8-9/h5-6,8H,4,7H2,1-3H3,(H,16,17). The molecule has 0 aromatic heterocycles. The number of ether oxygens (including phenoxy) is 1. The molecule has 0 spiro atoms. The van der Waals surface area contributed by atoms with E-state index in [2.05, 4.69) is 5.32 Å². The normalized spacial score (nSPS) is 11.2. The number of rotatable bonds is 4. The van der Waals surface area contributed by atoms with Crippen molar-refractivity contribution in [3.8, 4) is 0 Å². The van der Waals surface area contributed by atoms with Crippen molar-refractivity contribution in [2.75, 3.05) is 5.32 Å². The van der Waals surface area contributed by atoms with Gasteiger partial charge in [-0.15, -0.1) is 0 Å². The molecule has 0 aliphatic rings. The molecule has 0 radical (unpaired) electrons. The fourth-order valence-corrected chi connectivity index (χ4v) is 1.92. The van der Waals surface area contributed by atoms with Gasteiger partial charge in [0.25, 0.3) is 0 Å². The van der Waals surface area contributed by atoms with E-state index in [0.717, 1.165) is 12.8 Å². The topological polar surface area (TPSA) is 38.3 Å². The van der Waals surface area contributed by atoms with E-state index in [0.29, 0.717) is 15.7 Å². The summed E-state index contributed by atoms with van der Waals surface area (Å²) in [5.74, 6) is 0. The Morgan fingerprint density at radius 3 is 2.56 bits per heavy atom. The number of anilines is 1. The highest BCUT2D eigenvalue weighted by atomic mass is 35.5. The fraction of sp³-hybridized carbons (Fsp3) is 0.462. The van der Waals surface area contributed by atoms with Crippen LogP contribution in [0.2, 0.25) is 10.0 Å². The summed E-state index contributed by atoms with van der Waals surface area (Å²) in [4.78, 5) is 11.7. The summed E-state index contributed by atoms with van der Waals surface area (Å²) in [7, 11) is 0. The second-order valence-electron chi connectivity index (χ2n) is 4.65. The van der Waals surface area contributed by atoms with Crippen molar-refractivity contribution in [1.82, 2.24) is 0 Å². The molecule has 5 heteroatoms. The second kappa shape index (κ2) is 6.30. The molecule has 0 fully saturated rings. The molecule has 100 valence electrons. The van der Waals surface area contributed by atoms with Crippen LogP contribution in [0.4, 0.5) is 10.5 Å². The quantitative estimate of drug-likeness (QED) is 0.835. The highest BCUT2D eigenvalue weighted by molar-refractivity contribution is 6.42. The average molecular weight is 290 g/mol. The molecular weight excluding hydrogens is 273 g/mol. The molecule has 0 heterocycles. The first kappa shape index (κ1) is 15.1. The Kier molecular flexibility index (Phi) is 5.29. The van der Waals surface area contributed by atoms with Gasteiger partial charge in [-0.25, -0.2) is 4.79 Å². The zero-order chi connectivity index (χ0) is 13.8. The summed E-state index contributed by atoms with van der Waals surface area (Å²) < 4.78 is 5.33.